The van der Waals surface area contributed by atoms with E-state index in [1.807, 2.05) is 43.7 Å². The highest BCUT2D eigenvalue weighted by Gasteiger charge is 2.39. The third-order valence-electron chi connectivity index (χ3n) is 10.8. The molecular formula is C41H49N7O6S2. The van der Waals surface area contributed by atoms with Crippen molar-refractivity contribution in [1.29, 1.82) is 0 Å². The van der Waals surface area contributed by atoms with Gasteiger partial charge >= 0.3 is 12.2 Å². The molecule has 4 atom stereocenters. The lowest BCUT2D eigenvalue weighted by atomic mass is 10.0. The molecule has 2 aromatic heterocycles. The number of hydrogen-bond donors (Lipinski definition) is 4. The lowest BCUT2D eigenvalue weighted by Crippen LogP contribution is -2.51. The molecule has 56 heavy (non-hydrogen) atoms. The van der Waals surface area contributed by atoms with Crippen molar-refractivity contribution >= 4 is 47.5 Å². The van der Waals surface area contributed by atoms with Crippen molar-refractivity contribution in [3.63, 3.8) is 0 Å². The number of likely N-dealkylation sites (tertiary alicyclic amines) is 2. The highest BCUT2D eigenvalue weighted by atomic mass is 32.2. The molecule has 2 saturated heterocycles. The van der Waals surface area contributed by atoms with Crippen LogP contribution in [-0.2, 0) is 19.1 Å². The Morgan fingerprint density at radius 1 is 0.696 bits per heavy atom. The van der Waals surface area contributed by atoms with Crippen LogP contribution in [0.1, 0.15) is 77.0 Å². The SMILES string of the molecule is COC(=O)N[C@H](C(=O)N1CCC[C@H]1c1ccc(-c2ccc3c(c2)Sc2cc(-c4cnc([C@@H]5CCCN5C(=O)[C@@H](NC(=O)OC)C(C)C)[nH]4)ccc2S3)[nH]1)C(C)C. The summed E-state index contributed by atoms with van der Waals surface area (Å²) in [5.41, 5.74) is 4.89. The molecule has 5 heterocycles. The van der Waals surface area contributed by atoms with E-state index in [1.54, 1.807) is 23.5 Å². The van der Waals surface area contributed by atoms with Gasteiger partial charge < -0.3 is 39.9 Å². The van der Waals surface area contributed by atoms with Gasteiger partial charge in [-0.3, -0.25) is 9.59 Å². The topological polar surface area (TPSA) is 162 Å². The van der Waals surface area contributed by atoms with Crippen molar-refractivity contribution in [1.82, 2.24) is 35.4 Å². The molecule has 3 aliphatic heterocycles. The van der Waals surface area contributed by atoms with Crippen LogP contribution in [0.25, 0.3) is 22.5 Å². The molecule has 0 radical (unpaired) electrons. The maximum atomic E-state index is 13.7. The molecule has 0 aliphatic carbocycles. The Morgan fingerprint density at radius 2 is 1.21 bits per heavy atom. The van der Waals surface area contributed by atoms with E-state index in [2.05, 4.69) is 69.1 Å². The van der Waals surface area contributed by atoms with Crippen LogP contribution in [0, 0.1) is 11.8 Å². The number of ether oxygens (including phenoxy) is 2. The summed E-state index contributed by atoms with van der Waals surface area (Å²) in [6, 6.07) is 15.4. The monoisotopic (exact) mass is 799 g/mol. The van der Waals surface area contributed by atoms with Crippen LogP contribution in [0.2, 0.25) is 0 Å². The number of aromatic nitrogens is 3. The number of hydrogen-bond acceptors (Lipinski definition) is 9. The van der Waals surface area contributed by atoms with Crippen molar-refractivity contribution in [2.45, 2.75) is 97.1 Å². The molecular weight excluding hydrogens is 751 g/mol. The fraction of sp³-hybridized carbons (Fsp3) is 0.439. The van der Waals surface area contributed by atoms with Gasteiger partial charge in [0.15, 0.2) is 0 Å². The van der Waals surface area contributed by atoms with E-state index < -0.39 is 24.3 Å². The average Bonchev–Trinajstić information content (AvgIpc) is 4.03. The molecule has 0 bridgehead atoms. The summed E-state index contributed by atoms with van der Waals surface area (Å²) in [6.07, 6.45) is 3.95. The summed E-state index contributed by atoms with van der Waals surface area (Å²) in [4.78, 5) is 71.5. The van der Waals surface area contributed by atoms with Crippen molar-refractivity contribution in [3.8, 4) is 22.5 Å². The standard InChI is InChI=1S/C41H49N7O6S2/c1-22(2)35(45-40(51)53-5)38(49)47-17-7-9-29(47)27-14-13-26(43-27)24-11-15-31-33(19-24)56-34-20-25(12-16-32(34)55-31)28-21-42-37(44-28)30-10-8-18-48(30)39(50)36(23(3)4)46-41(52)54-6/h11-16,19-23,29-30,35-36,43H,7-10,17-18H2,1-6H3,(H,42,44)(H,45,51)(H,46,52)/t29-,30-,35-,36-/m0/s1. The van der Waals surface area contributed by atoms with Crippen molar-refractivity contribution in [2.24, 2.45) is 11.8 Å². The molecule has 2 aromatic carbocycles. The first-order chi connectivity index (χ1) is 26.9. The van der Waals surface area contributed by atoms with Crippen molar-refractivity contribution in [2.75, 3.05) is 27.3 Å². The van der Waals surface area contributed by atoms with E-state index in [0.717, 1.165) is 69.5 Å². The quantitative estimate of drug-likeness (QED) is 0.111. The van der Waals surface area contributed by atoms with Gasteiger partial charge in [0.05, 0.1) is 38.2 Å². The van der Waals surface area contributed by atoms with E-state index in [0.29, 0.717) is 13.1 Å². The van der Waals surface area contributed by atoms with E-state index in [4.69, 9.17) is 14.5 Å². The number of aromatic amines is 2. The molecule has 0 saturated carbocycles. The number of alkyl carbamates (subject to hydrolysis) is 2. The van der Waals surface area contributed by atoms with E-state index in [1.165, 1.54) is 24.0 Å². The predicted octanol–water partition coefficient (Wildman–Crippen LogP) is 7.78. The number of carbonyl (C=O) groups is 4. The zero-order valence-electron chi connectivity index (χ0n) is 32.5. The lowest BCUT2D eigenvalue weighted by Gasteiger charge is -2.30. The Hall–Kier alpha value is -4.89. The second-order valence-corrected chi connectivity index (χ2v) is 17.3. The zero-order valence-corrected chi connectivity index (χ0v) is 34.1. The normalized spacial score (nSPS) is 18.7. The number of imidazole rings is 1. The molecule has 4 aromatic rings. The second-order valence-electron chi connectivity index (χ2n) is 15.1. The van der Waals surface area contributed by atoms with E-state index in [-0.39, 0.29) is 35.7 Å². The van der Waals surface area contributed by atoms with Gasteiger partial charge in [-0.15, -0.1) is 0 Å². The number of nitrogens with one attached hydrogen (secondary N) is 4. The summed E-state index contributed by atoms with van der Waals surface area (Å²) in [6.45, 7) is 8.88. The Balaban J connectivity index is 1.05. The first-order valence-electron chi connectivity index (χ1n) is 19.1. The molecule has 0 spiro atoms. The average molecular weight is 800 g/mol. The van der Waals surface area contributed by atoms with Gasteiger partial charge in [-0.25, -0.2) is 14.6 Å². The number of amides is 4. The molecule has 4 amide bonds. The minimum absolute atomic E-state index is 0.0897. The number of fused-ring (bicyclic) bond motifs is 2. The van der Waals surface area contributed by atoms with Crippen LogP contribution in [-0.4, -0.2) is 88.1 Å². The van der Waals surface area contributed by atoms with Gasteiger partial charge in [-0.05, 0) is 79.5 Å². The first kappa shape index (κ1) is 39.3. The maximum Gasteiger partial charge on any atom is 0.407 e. The molecule has 15 heteroatoms. The molecule has 7 rings (SSSR count). The molecule has 3 aliphatic rings. The summed E-state index contributed by atoms with van der Waals surface area (Å²) >= 11 is 3.48. The maximum absolute atomic E-state index is 13.7. The Bertz CT molecular complexity index is 1970. The van der Waals surface area contributed by atoms with E-state index >= 15 is 0 Å². The number of benzene rings is 2. The number of carbonyl (C=O) groups excluding carboxylic acids is 4. The van der Waals surface area contributed by atoms with Gasteiger partial charge in [0.1, 0.15) is 17.9 Å². The fourth-order valence-electron chi connectivity index (χ4n) is 7.77. The third-order valence-corrected chi connectivity index (χ3v) is 13.3. The van der Waals surface area contributed by atoms with Gasteiger partial charge in [-0.2, -0.15) is 0 Å². The molecule has 296 valence electrons. The van der Waals surface area contributed by atoms with Crippen molar-refractivity contribution in [3.05, 3.63) is 66.2 Å². The van der Waals surface area contributed by atoms with Gasteiger partial charge in [0.2, 0.25) is 11.8 Å². The number of rotatable bonds is 10. The smallest absolute Gasteiger partial charge is 0.407 e. The molecule has 13 nitrogen and oxygen atoms in total. The summed E-state index contributed by atoms with van der Waals surface area (Å²) in [5.74, 6) is 0.296. The summed E-state index contributed by atoms with van der Waals surface area (Å²) < 4.78 is 9.56. The van der Waals surface area contributed by atoms with Crippen LogP contribution in [0.5, 0.6) is 0 Å². The number of methoxy groups -OCH3 is 2. The third kappa shape index (κ3) is 8.01. The van der Waals surface area contributed by atoms with Crippen LogP contribution in [0.4, 0.5) is 9.59 Å². The Morgan fingerprint density at radius 3 is 1.77 bits per heavy atom. The second kappa shape index (κ2) is 16.7. The predicted molar refractivity (Wildman–Crippen MR) is 214 cm³/mol. The van der Waals surface area contributed by atoms with Gasteiger partial charge in [0, 0.05) is 49.6 Å². The molecule has 0 unspecified atom stereocenters. The summed E-state index contributed by atoms with van der Waals surface area (Å²) in [7, 11) is 2.60. The number of nitrogens with zero attached hydrogens (tertiary/aromatic N) is 3. The molecule has 2 fully saturated rings. The minimum atomic E-state index is -0.690. The molecule has 4 N–H and O–H groups in total. The van der Waals surface area contributed by atoms with Crippen LogP contribution in [0.15, 0.2) is 74.3 Å². The van der Waals surface area contributed by atoms with Crippen molar-refractivity contribution < 1.29 is 28.7 Å². The minimum Gasteiger partial charge on any atom is -0.453 e. The van der Waals surface area contributed by atoms with Crippen LogP contribution >= 0.6 is 23.5 Å². The first-order valence-corrected chi connectivity index (χ1v) is 20.8. The fourth-order valence-corrected chi connectivity index (χ4v) is 10.0. The highest BCUT2D eigenvalue weighted by molar-refractivity contribution is 8.05. The van der Waals surface area contributed by atoms with Gasteiger partial charge in [0.25, 0.3) is 0 Å². The highest BCUT2D eigenvalue weighted by Crippen LogP contribution is 2.50. The Labute approximate surface area is 335 Å². The van der Waals surface area contributed by atoms with Crippen LogP contribution in [0.3, 0.4) is 0 Å². The zero-order chi connectivity index (χ0) is 39.7. The number of H-pyrrole nitrogens is 2. The largest absolute Gasteiger partial charge is 0.453 e. The Kier molecular flexibility index (Phi) is 11.7. The van der Waals surface area contributed by atoms with Crippen LogP contribution < -0.4 is 10.6 Å². The van der Waals surface area contributed by atoms with E-state index in [9.17, 15) is 19.2 Å². The lowest BCUT2D eigenvalue weighted by molar-refractivity contribution is -0.136. The summed E-state index contributed by atoms with van der Waals surface area (Å²) in [5, 5.41) is 5.44. The van der Waals surface area contributed by atoms with Gasteiger partial charge in [-0.1, -0.05) is 63.4 Å².